The normalized spacial score (nSPS) is 10.8. The molecule has 0 saturated carbocycles. The van der Waals surface area contributed by atoms with Gasteiger partial charge in [-0.2, -0.15) is 0 Å². The van der Waals surface area contributed by atoms with Gasteiger partial charge in [0.15, 0.2) is 0 Å². The topological polar surface area (TPSA) is 24.9 Å². The molecule has 17 heavy (non-hydrogen) atoms. The first-order valence-electron chi connectivity index (χ1n) is 5.85. The van der Waals surface area contributed by atoms with Crippen LogP contribution in [0.1, 0.15) is 38.2 Å². The molecule has 0 spiro atoms. The van der Waals surface area contributed by atoms with Crippen LogP contribution in [-0.4, -0.2) is 12.0 Å². The summed E-state index contributed by atoms with van der Waals surface area (Å²) in [7, 11) is 1.94. The minimum atomic E-state index is 0.227. The number of hydrogen-bond donors (Lipinski definition) is 1. The van der Waals surface area contributed by atoms with Crippen molar-refractivity contribution in [2.75, 3.05) is 7.05 Å². The Morgan fingerprint density at radius 1 is 1.29 bits per heavy atom. The Balaban J connectivity index is 0. The summed E-state index contributed by atoms with van der Waals surface area (Å²) in [5.41, 5.74) is 2.13. The molecule has 0 bridgehead atoms. The number of aryl methyl sites for hydroxylation is 1. The summed E-state index contributed by atoms with van der Waals surface area (Å²) in [4.78, 5) is 4.45. The average molecular weight is 232 g/mol. The van der Waals surface area contributed by atoms with Crippen LogP contribution in [0.25, 0.3) is 0 Å². The molecule has 1 heterocycles. The van der Waals surface area contributed by atoms with Gasteiger partial charge in [0.05, 0.1) is 11.7 Å². The molecule has 0 aliphatic heterocycles. The average Bonchev–Trinajstić information content (AvgIpc) is 2.40. The first-order chi connectivity index (χ1) is 8.27. The first-order valence-corrected chi connectivity index (χ1v) is 5.85. The summed E-state index contributed by atoms with van der Waals surface area (Å²) < 4.78 is 0. The monoisotopic (exact) mass is 232 g/mol. The lowest BCUT2D eigenvalue weighted by Gasteiger charge is -2.10. The standard InChI is InChI=1S/C11H16N2.C2H6.C2H2/c1-4-6-10(12-3)11-8-5-7-9(2)13-11;2*1-2/h4-8,10,12H,1-3H3;1-2H3;1-2H/b6-4-;;/t10-;;/m0../s1. The first kappa shape index (κ1) is 17.8. The van der Waals surface area contributed by atoms with Crippen molar-refractivity contribution in [3.63, 3.8) is 0 Å². The largest absolute Gasteiger partial charge is 0.309 e. The lowest BCUT2D eigenvalue weighted by Crippen LogP contribution is -2.15. The van der Waals surface area contributed by atoms with Crippen molar-refractivity contribution in [3.8, 4) is 12.8 Å². The number of hydrogen-bond acceptors (Lipinski definition) is 2. The van der Waals surface area contributed by atoms with E-state index in [1.54, 1.807) is 0 Å². The minimum Gasteiger partial charge on any atom is -0.309 e. The maximum atomic E-state index is 4.45. The fourth-order valence-electron chi connectivity index (χ4n) is 1.27. The molecule has 0 aliphatic rings. The van der Waals surface area contributed by atoms with Crippen LogP contribution in [0.4, 0.5) is 0 Å². The molecule has 1 N–H and O–H groups in total. The van der Waals surface area contributed by atoms with Crippen LogP contribution in [0.5, 0.6) is 0 Å². The molecule has 0 aliphatic carbocycles. The van der Waals surface area contributed by atoms with E-state index in [1.807, 2.05) is 59.0 Å². The van der Waals surface area contributed by atoms with Crippen LogP contribution in [0.15, 0.2) is 30.4 Å². The molecule has 1 aromatic heterocycles. The molecule has 0 fully saturated rings. The van der Waals surface area contributed by atoms with Crippen molar-refractivity contribution >= 4 is 0 Å². The molecule has 94 valence electrons. The van der Waals surface area contributed by atoms with E-state index in [9.17, 15) is 0 Å². The van der Waals surface area contributed by atoms with Gasteiger partial charge in [-0.25, -0.2) is 0 Å². The second-order valence-corrected chi connectivity index (χ2v) is 3.00. The van der Waals surface area contributed by atoms with Crippen molar-refractivity contribution in [2.24, 2.45) is 0 Å². The Morgan fingerprint density at radius 3 is 2.29 bits per heavy atom. The SMILES string of the molecule is C#C.C/C=C\[C@H](NC)c1cccc(C)n1.CC. The molecule has 0 amide bonds. The molecule has 1 rings (SSSR count). The van der Waals surface area contributed by atoms with Crippen LogP contribution in [0.2, 0.25) is 0 Å². The number of rotatable bonds is 3. The van der Waals surface area contributed by atoms with E-state index in [0.717, 1.165) is 11.4 Å². The zero-order valence-corrected chi connectivity index (χ0v) is 11.6. The second-order valence-electron chi connectivity index (χ2n) is 3.00. The van der Waals surface area contributed by atoms with Gasteiger partial charge in [-0.3, -0.25) is 4.98 Å². The van der Waals surface area contributed by atoms with Crippen molar-refractivity contribution in [2.45, 2.75) is 33.7 Å². The van der Waals surface area contributed by atoms with Crippen LogP contribution < -0.4 is 5.32 Å². The van der Waals surface area contributed by atoms with Crippen LogP contribution in [-0.2, 0) is 0 Å². The fourth-order valence-corrected chi connectivity index (χ4v) is 1.27. The lowest BCUT2D eigenvalue weighted by atomic mass is 10.1. The van der Waals surface area contributed by atoms with Gasteiger partial charge in [0.2, 0.25) is 0 Å². The highest BCUT2D eigenvalue weighted by Crippen LogP contribution is 2.11. The molecule has 0 unspecified atom stereocenters. The Labute approximate surface area is 106 Å². The highest BCUT2D eigenvalue weighted by molar-refractivity contribution is 5.17. The van der Waals surface area contributed by atoms with E-state index >= 15 is 0 Å². The van der Waals surface area contributed by atoms with E-state index < -0.39 is 0 Å². The Morgan fingerprint density at radius 2 is 1.88 bits per heavy atom. The number of pyridine rings is 1. The molecule has 0 saturated heterocycles. The van der Waals surface area contributed by atoms with Crippen molar-refractivity contribution in [1.82, 2.24) is 10.3 Å². The molecule has 0 radical (unpaired) electrons. The molecular weight excluding hydrogens is 208 g/mol. The predicted molar refractivity (Wildman–Crippen MR) is 76.8 cm³/mol. The summed E-state index contributed by atoms with van der Waals surface area (Å²) >= 11 is 0. The van der Waals surface area contributed by atoms with Gasteiger partial charge in [0.25, 0.3) is 0 Å². The molecule has 2 heteroatoms. The number of likely N-dealkylation sites (N-methyl/N-ethyl adjacent to an activating group) is 1. The maximum Gasteiger partial charge on any atom is 0.0678 e. The van der Waals surface area contributed by atoms with Crippen molar-refractivity contribution in [3.05, 3.63) is 41.7 Å². The fraction of sp³-hybridized carbons (Fsp3) is 0.400. The van der Waals surface area contributed by atoms with Gasteiger partial charge >= 0.3 is 0 Å². The summed E-state index contributed by atoms with van der Waals surface area (Å²) in [5.74, 6) is 0. The van der Waals surface area contributed by atoms with E-state index in [0.29, 0.717) is 0 Å². The molecular formula is C15H24N2. The van der Waals surface area contributed by atoms with Gasteiger partial charge in [-0.05, 0) is 33.0 Å². The molecule has 2 nitrogen and oxygen atoms in total. The summed E-state index contributed by atoms with van der Waals surface area (Å²) in [6.45, 7) is 8.02. The third-order valence-electron chi connectivity index (χ3n) is 1.92. The highest BCUT2D eigenvalue weighted by atomic mass is 14.9. The molecule has 1 aromatic rings. The number of nitrogens with zero attached hydrogens (tertiary/aromatic N) is 1. The van der Waals surface area contributed by atoms with Crippen molar-refractivity contribution in [1.29, 1.82) is 0 Å². The van der Waals surface area contributed by atoms with E-state index in [4.69, 9.17) is 0 Å². The van der Waals surface area contributed by atoms with Gasteiger partial charge in [-0.15, -0.1) is 12.8 Å². The van der Waals surface area contributed by atoms with E-state index in [-0.39, 0.29) is 6.04 Å². The lowest BCUT2D eigenvalue weighted by molar-refractivity contribution is 0.689. The van der Waals surface area contributed by atoms with Crippen LogP contribution in [0.3, 0.4) is 0 Å². The second kappa shape index (κ2) is 12.5. The number of nitrogens with one attached hydrogen (secondary N) is 1. The van der Waals surface area contributed by atoms with Crippen LogP contribution in [0, 0.1) is 19.8 Å². The zero-order valence-electron chi connectivity index (χ0n) is 11.6. The van der Waals surface area contributed by atoms with Gasteiger partial charge in [-0.1, -0.05) is 32.1 Å². The van der Waals surface area contributed by atoms with E-state index in [1.165, 1.54) is 0 Å². The predicted octanol–water partition coefficient (Wildman–Crippen LogP) is 3.50. The van der Waals surface area contributed by atoms with Gasteiger partial charge in [0.1, 0.15) is 0 Å². The number of aromatic nitrogens is 1. The van der Waals surface area contributed by atoms with Gasteiger partial charge < -0.3 is 5.32 Å². The highest BCUT2D eigenvalue weighted by Gasteiger charge is 2.05. The molecule has 1 atom stereocenters. The van der Waals surface area contributed by atoms with E-state index in [2.05, 4.69) is 29.2 Å². The van der Waals surface area contributed by atoms with Crippen molar-refractivity contribution < 1.29 is 0 Å². The number of allylic oxidation sites excluding steroid dienone is 1. The minimum absolute atomic E-state index is 0.227. The Hall–Kier alpha value is -1.59. The Kier molecular flexibility index (Phi) is 13.1. The smallest absolute Gasteiger partial charge is 0.0678 e. The zero-order chi connectivity index (χ0) is 13.7. The summed E-state index contributed by atoms with van der Waals surface area (Å²) in [6.07, 6.45) is 12.1. The molecule has 0 aromatic carbocycles. The third kappa shape index (κ3) is 7.32. The van der Waals surface area contributed by atoms with Gasteiger partial charge in [0, 0.05) is 5.69 Å². The number of terminal acetylenes is 1. The summed E-state index contributed by atoms with van der Waals surface area (Å²) in [5, 5.41) is 3.20. The maximum absolute atomic E-state index is 4.45. The van der Waals surface area contributed by atoms with Crippen LogP contribution >= 0.6 is 0 Å². The quantitative estimate of drug-likeness (QED) is 0.637. The summed E-state index contributed by atoms with van der Waals surface area (Å²) in [6, 6.07) is 6.30. The Bertz CT molecular complexity index is 327. The third-order valence-corrected chi connectivity index (χ3v) is 1.92.